The van der Waals surface area contributed by atoms with Gasteiger partial charge in [0.1, 0.15) is 0 Å². The van der Waals surface area contributed by atoms with E-state index in [1.54, 1.807) is 12.0 Å². The Balaban J connectivity index is 1.99. The molecule has 2 N–H and O–H groups in total. The van der Waals surface area contributed by atoms with E-state index in [1.165, 1.54) is 0 Å². The molecule has 1 aliphatic heterocycles. The lowest BCUT2D eigenvalue weighted by atomic mass is 10.1. The van der Waals surface area contributed by atoms with E-state index in [2.05, 4.69) is 5.32 Å². The predicted molar refractivity (Wildman–Crippen MR) is 87.2 cm³/mol. The number of benzene rings is 1. The maximum atomic E-state index is 12.7. The van der Waals surface area contributed by atoms with Gasteiger partial charge in [0.15, 0.2) is 0 Å². The lowest BCUT2D eigenvalue weighted by molar-refractivity contribution is 0.0678. The first-order valence-corrected chi connectivity index (χ1v) is 8.01. The number of amides is 1. The van der Waals surface area contributed by atoms with Crippen LogP contribution in [-0.2, 0) is 4.74 Å². The molecule has 1 amide bonds. The van der Waals surface area contributed by atoms with E-state index in [9.17, 15) is 9.90 Å². The van der Waals surface area contributed by atoms with Gasteiger partial charge in [-0.2, -0.15) is 0 Å². The number of anilines is 1. The largest absolute Gasteiger partial charge is 0.394 e. The normalized spacial score (nSPS) is 17.7. The fourth-order valence-corrected chi connectivity index (χ4v) is 2.87. The van der Waals surface area contributed by atoms with E-state index < -0.39 is 0 Å². The van der Waals surface area contributed by atoms with Gasteiger partial charge in [-0.05, 0) is 37.8 Å². The average molecular weight is 306 g/mol. The van der Waals surface area contributed by atoms with Gasteiger partial charge in [-0.25, -0.2) is 0 Å². The van der Waals surface area contributed by atoms with E-state index in [-0.39, 0.29) is 18.6 Å². The van der Waals surface area contributed by atoms with Crippen LogP contribution in [0.25, 0.3) is 0 Å². The molecule has 0 bridgehead atoms. The number of hydrogen-bond donors (Lipinski definition) is 2. The standard InChI is InChI=1S/C17H26N2O3/c1-22-12-5-4-10-18-16-9-3-2-8-15(16)17(21)19-11-6-7-14(19)13-20/h2-3,8-9,14,18,20H,4-7,10-13H2,1H3. The minimum absolute atomic E-state index is 0.0107. The van der Waals surface area contributed by atoms with Gasteiger partial charge in [0.2, 0.25) is 0 Å². The van der Waals surface area contributed by atoms with E-state index in [1.807, 2.05) is 24.3 Å². The molecule has 1 fully saturated rings. The van der Waals surface area contributed by atoms with Crippen LogP contribution in [0.15, 0.2) is 24.3 Å². The molecule has 22 heavy (non-hydrogen) atoms. The van der Waals surface area contributed by atoms with E-state index in [0.29, 0.717) is 5.56 Å². The average Bonchev–Trinajstić information content (AvgIpc) is 3.03. The molecule has 1 saturated heterocycles. The highest BCUT2D eigenvalue weighted by atomic mass is 16.5. The van der Waals surface area contributed by atoms with E-state index >= 15 is 0 Å². The van der Waals surface area contributed by atoms with Crippen molar-refractivity contribution in [3.8, 4) is 0 Å². The quantitative estimate of drug-likeness (QED) is 0.722. The molecular weight excluding hydrogens is 280 g/mol. The molecule has 1 unspecified atom stereocenters. The fraction of sp³-hybridized carbons (Fsp3) is 0.588. The summed E-state index contributed by atoms with van der Waals surface area (Å²) in [6, 6.07) is 7.57. The van der Waals surface area contributed by atoms with Gasteiger partial charge in [0.05, 0.1) is 18.2 Å². The van der Waals surface area contributed by atoms with Crippen molar-refractivity contribution in [2.45, 2.75) is 31.7 Å². The summed E-state index contributed by atoms with van der Waals surface area (Å²) in [7, 11) is 1.70. The number of nitrogens with one attached hydrogen (secondary N) is 1. The number of para-hydroxylation sites is 1. The molecule has 5 heteroatoms. The fourth-order valence-electron chi connectivity index (χ4n) is 2.87. The zero-order chi connectivity index (χ0) is 15.8. The third kappa shape index (κ3) is 4.21. The predicted octanol–water partition coefficient (Wildman–Crippen LogP) is 2.12. The Morgan fingerprint density at radius 1 is 1.41 bits per heavy atom. The second-order valence-corrected chi connectivity index (χ2v) is 5.65. The monoisotopic (exact) mass is 306 g/mol. The molecule has 2 rings (SSSR count). The van der Waals surface area contributed by atoms with Crippen molar-refractivity contribution in [2.75, 3.05) is 38.7 Å². The van der Waals surface area contributed by atoms with Crippen LogP contribution in [0.4, 0.5) is 5.69 Å². The van der Waals surface area contributed by atoms with E-state index in [0.717, 1.165) is 51.1 Å². The molecule has 0 radical (unpaired) electrons. The van der Waals surface area contributed by atoms with E-state index in [4.69, 9.17) is 4.74 Å². The van der Waals surface area contributed by atoms with Gasteiger partial charge >= 0.3 is 0 Å². The molecule has 1 atom stereocenters. The third-order valence-electron chi connectivity index (χ3n) is 4.10. The summed E-state index contributed by atoms with van der Waals surface area (Å²) >= 11 is 0. The second-order valence-electron chi connectivity index (χ2n) is 5.65. The molecule has 0 spiro atoms. The summed E-state index contributed by atoms with van der Waals surface area (Å²) in [5.41, 5.74) is 1.56. The van der Waals surface area contributed by atoms with Crippen LogP contribution in [0.2, 0.25) is 0 Å². The van der Waals surface area contributed by atoms with Crippen LogP contribution in [0, 0.1) is 0 Å². The van der Waals surface area contributed by atoms with Crippen LogP contribution in [-0.4, -0.2) is 55.4 Å². The molecule has 5 nitrogen and oxygen atoms in total. The number of rotatable bonds is 8. The molecular formula is C17H26N2O3. The van der Waals surface area contributed by atoms with Crippen LogP contribution in [0.1, 0.15) is 36.0 Å². The number of ether oxygens (including phenoxy) is 1. The summed E-state index contributed by atoms with van der Waals surface area (Å²) in [5, 5.41) is 12.7. The third-order valence-corrected chi connectivity index (χ3v) is 4.10. The van der Waals surface area contributed by atoms with Crippen LogP contribution < -0.4 is 5.32 Å². The number of likely N-dealkylation sites (tertiary alicyclic amines) is 1. The van der Waals surface area contributed by atoms with Crippen LogP contribution in [0.3, 0.4) is 0 Å². The SMILES string of the molecule is COCCCCNc1ccccc1C(=O)N1CCCC1CO. The smallest absolute Gasteiger partial charge is 0.256 e. The Morgan fingerprint density at radius 2 is 2.23 bits per heavy atom. The molecule has 0 aliphatic carbocycles. The Hall–Kier alpha value is -1.59. The first kappa shape index (κ1) is 16.8. The Kier molecular flexibility index (Phi) is 6.68. The van der Waals surface area contributed by atoms with Gasteiger partial charge in [-0.15, -0.1) is 0 Å². The topological polar surface area (TPSA) is 61.8 Å². The molecule has 1 aromatic carbocycles. The highest BCUT2D eigenvalue weighted by Gasteiger charge is 2.29. The molecule has 1 aromatic rings. The van der Waals surface area contributed by atoms with Crippen molar-refractivity contribution in [1.29, 1.82) is 0 Å². The maximum absolute atomic E-state index is 12.7. The summed E-state index contributed by atoms with van der Waals surface area (Å²) in [5.74, 6) is 0.0107. The summed E-state index contributed by atoms with van der Waals surface area (Å²) < 4.78 is 5.04. The number of unbranched alkanes of at least 4 members (excludes halogenated alkanes) is 1. The van der Waals surface area contributed by atoms with Crippen LogP contribution >= 0.6 is 0 Å². The second kappa shape index (κ2) is 8.76. The van der Waals surface area contributed by atoms with Gasteiger partial charge in [0, 0.05) is 32.5 Å². The molecule has 1 heterocycles. The number of hydrogen-bond acceptors (Lipinski definition) is 4. The van der Waals surface area contributed by atoms with Crippen molar-refractivity contribution in [2.24, 2.45) is 0 Å². The Labute approximate surface area is 132 Å². The number of aliphatic hydroxyl groups is 1. The van der Waals surface area contributed by atoms with Crippen LogP contribution in [0.5, 0.6) is 0 Å². The minimum atomic E-state index is -0.0396. The summed E-state index contributed by atoms with van der Waals surface area (Å²) in [4.78, 5) is 14.5. The molecule has 0 saturated carbocycles. The van der Waals surface area contributed by atoms with Crippen molar-refractivity contribution in [3.63, 3.8) is 0 Å². The van der Waals surface area contributed by atoms with Gasteiger partial charge in [-0.1, -0.05) is 12.1 Å². The first-order chi connectivity index (χ1) is 10.8. The zero-order valence-electron chi connectivity index (χ0n) is 13.3. The lowest BCUT2D eigenvalue weighted by Crippen LogP contribution is -2.37. The van der Waals surface area contributed by atoms with Crippen molar-refractivity contribution in [1.82, 2.24) is 4.90 Å². The van der Waals surface area contributed by atoms with Crippen molar-refractivity contribution < 1.29 is 14.6 Å². The molecule has 0 aromatic heterocycles. The van der Waals surface area contributed by atoms with Gasteiger partial charge in [-0.3, -0.25) is 4.79 Å². The summed E-state index contributed by atoms with van der Waals surface area (Å²) in [6.07, 6.45) is 3.84. The lowest BCUT2D eigenvalue weighted by Gasteiger charge is -2.24. The number of methoxy groups -OCH3 is 1. The summed E-state index contributed by atoms with van der Waals surface area (Å²) in [6.45, 7) is 2.34. The molecule has 1 aliphatic rings. The highest BCUT2D eigenvalue weighted by molar-refractivity contribution is 5.99. The highest BCUT2D eigenvalue weighted by Crippen LogP contribution is 2.23. The zero-order valence-corrected chi connectivity index (χ0v) is 13.3. The Bertz CT molecular complexity index is 479. The Morgan fingerprint density at radius 3 is 3.00 bits per heavy atom. The van der Waals surface area contributed by atoms with Crippen molar-refractivity contribution in [3.05, 3.63) is 29.8 Å². The number of carbonyl (C=O) groups is 1. The molecule has 122 valence electrons. The van der Waals surface area contributed by atoms with Gasteiger partial charge < -0.3 is 20.1 Å². The number of aliphatic hydroxyl groups excluding tert-OH is 1. The number of nitrogens with zero attached hydrogens (tertiary/aromatic N) is 1. The van der Waals surface area contributed by atoms with Crippen molar-refractivity contribution >= 4 is 11.6 Å². The first-order valence-electron chi connectivity index (χ1n) is 8.01. The number of carbonyl (C=O) groups excluding carboxylic acids is 1. The van der Waals surface area contributed by atoms with Gasteiger partial charge in [0.25, 0.3) is 5.91 Å². The minimum Gasteiger partial charge on any atom is -0.394 e. The maximum Gasteiger partial charge on any atom is 0.256 e.